The van der Waals surface area contributed by atoms with Crippen molar-refractivity contribution >= 4 is 0 Å². The van der Waals surface area contributed by atoms with Crippen LogP contribution in [0.4, 0.5) is 0 Å². The molecule has 0 radical (unpaired) electrons. The van der Waals surface area contributed by atoms with Crippen LogP contribution in [0.3, 0.4) is 0 Å². The minimum absolute atomic E-state index is 0.262. The van der Waals surface area contributed by atoms with Crippen LogP contribution >= 0.6 is 0 Å². The number of hydrogen-bond donors (Lipinski definition) is 0. The Labute approximate surface area is 144 Å². The summed E-state index contributed by atoms with van der Waals surface area (Å²) in [6.07, 6.45) is 0. The van der Waals surface area contributed by atoms with E-state index in [1.54, 1.807) is 4.68 Å². The summed E-state index contributed by atoms with van der Waals surface area (Å²) >= 11 is 0. The quantitative estimate of drug-likeness (QED) is 0.569. The van der Waals surface area contributed by atoms with Crippen LogP contribution in [0.25, 0.3) is 17.1 Å². The van der Waals surface area contributed by atoms with Crippen molar-refractivity contribution in [2.45, 2.75) is 19.9 Å². The molecule has 4 aromatic rings. The van der Waals surface area contributed by atoms with Crippen LogP contribution in [0.15, 0.2) is 54.6 Å². The minimum atomic E-state index is -0.262. The SMILES string of the molecule is Cc1ccc(-c2nnn([C@H](C)c3nnnn3-c3ccccc3)n2)cc1. The molecule has 0 aliphatic rings. The van der Waals surface area contributed by atoms with E-state index in [1.807, 2.05) is 68.4 Å². The lowest BCUT2D eigenvalue weighted by atomic mass is 10.1. The number of aryl methyl sites for hydroxylation is 1. The minimum Gasteiger partial charge on any atom is -0.195 e. The molecular weight excluding hydrogens is 316 g/mol. The second-order valence-electron chi connectivity index (χ2n) is 5.76. The molecular formula is C17H16N8. The van der Waals surface area contributed by atoms with Crippen molar-refractivity contribution in [2.24, 2.45) is 0 Å². The van der Waals surface area contributed by atoms with Gasteiger partial charge in [0.25, 0.3) is 0 Å². The maximum absolute atomic E-state index is 4.49. The fourth-order valence-corrected chi connectivity index (χ4v) is 2.52. The molecule has 0 saturated carbocycles. The van der Waals surface area contributed by atoms with Crippen LogP contribution < -0.4 is 0 Å². The summed E-state index contributed by atoms with van der Waals surface area (Å²) in [4.78, 5) is 1.53. The van der Waals surface area contributed by atoms with Crippen LogP contribution in [0.2, 0.25) is 0 Å². The van der Waals surface area contributed by atoms with Gasteiger partial charge in [-0.25, -0.2) is 0 Å². The predicted octanol–water partition coefficient (Wildman–Crippen LogP) is 2.23. The number of tetrazole rings is 2. The Morgan fingerprint density at radius 3 is 2.40 bits per heavy atom. The van der Waals surface area contributed by atoms with E-state index in [1.165, 1.54) is 10.4 Å². The molecule has 0 saturated heterocycles. The van der Waals surface area contributed by atoms with Crippen molar-refractivity contribution in [2.75, 3.05) is 0 Å². The summed E-state index contributed by atoms with van der Waals surface area (Å²) < 4.78 is 1.68. The van der Waals surface area contributed by atoms with Crippen molar-refractivity contribution in [3.63, 3.8) is 0 Å². The zero-order chi connectivity index (χ0) is 17.2. The molecule has 0 aliphatic heterocycles. The number of aromatic nitrogens is 8. The molecule has 4 rings (SSSR count). The fourth-order valence-electron chi connectivity index (χ4n) is 2.52. The molecule has 124 valence electrons. The second-order valence-corrected chi connectivity index (χ2v) is 5.76. The Bertz CT molecular complexity index is 971. The highest BCUT2D eigenvalue weighted by atomic mass is 15.6. The van der Waals surface area contributed by atoms with Crippen molar-refractivity contribution in [1.29, 1.82) is 0 Å². The van der Waals surface area contributed by atoms with Crippen LogP contribution in [0.5, 0.6) is 0 Å². The van der Waals surface area contributed by atoms with E-state index in [-0.39, 0.29) is 6.04 Å². The number of rotatable bonds is 4. The molecule has 0 aliphatic carbocycles. The summed E-state index contributed by atoms with van der Waals surface area (Å²) in [5.41, 5.74) is 2.99. The molecule has 0 N–H and O–H groups in total. The molecule has 25 heavy (non-hydrogen) atoms. The summed E-state index contributed by atoms with van der Waals surface area (Å²) in [5.74, 6) is 1.21. The van der Waals surface area contributed by atoms with Gasteiger partial charge >= 0.3 is 0 Å². The van der Waals surface area contributed by atoms with Gasteiger partial charge in [-0.1, -0.05) is 48.0 Å². The molecule has 8 heteroatoms. The highest BCUT2D eigenvalue weighted by Crippen LogP contribution is 2.19. The van der Waals surface area contributed by atoms with Crippen LogP contribution in [-0.4, -0.2) is 40.4 Å². The van der Waals surface area contributed by atoms with Crippen molar-refractivity contribution in [1.82, 2.24) is 40.4 Å². The molecule has 0 amide bonds. The molecule has 0 fully saturated rings. The highest BCUT2D eigenvalue weighted by molar-refractivity contribution is 5.54. The molecule has 2 heterocycles. The first kappa shape index (κ1) is 15.1. The van der Waals surface area contributed by atoms with Crippen LogP contribution in [0, 0.1) is 6.92 Å². The lowest BCUT2D eigenvalue weighted by Crippen LogP contribution is -2.16. The first-order valence-corrected chi connectivity index (χ1v) is 7.92. The highest BCUT2D eigenvalue weighted by Gasteiger charge is 2.20. The van der Waals surface area contributed by atoms with E-state index in [0.717, 1.165) is 11.3 Å². The zero-order valence-electron chi connectivity index (χ0n) is 13.9. The second kappa shape index (κ2) is 6.23. The van der Waals surface area contributed by atoms with Crippen molar-refractivity contribution in [3.05, 3.63) is 66.0 Å². The van der Waals surface area contributed by atoms with Crippen LogP contribution in [0.1, 0.15) is 24.4 Å². The molecule has 0 spiro atoms. The molecule has 2 aromatic carbocycles. The third-order valence-corrected chi connectivity index (χ3v) is 3.95. The third kappa shape index (κ3) is 2.89. The average molecular weight is 332 g/mol. The van der Waals surface area contributed by atoms with Crippen molar-refractivity contribution in [3.8, 4) is 17.1 Å². The lowest BCUT2D eigenvalue weighted by molar-refractivity contribution is 0.453. The Morgan fingerprint density at radius 2 is 1.64 bits per heavy atom. The molecule has 8 nitrogen and oxygen atoms in total. The molecule has 0 bridgehead atoms. The first-order valence-electron chi connectivity index (χ1n) is 7.92. The predicted molar refractivity (Wildman–Crippen MR) is 91.0 cm³/mol. The lowest BCUT2D eigenvalue weighted by Gasteiger charge is -2.09. The topological polar surface area (TPSA) is 87.2 Å². The van der Waals surface area contributed by atoms with Crippen molar-refractivity contribution < 1.29 is 0 Å². The Kier molecular flexibility index (Phi) is 3.77. The van der Waals surface area contributed by atoms with E-state index in [2.05, 4.69) is 30.9 Å². The van der Waals surface area contributed by atoms with Gasteiger partial charge < -0.3 is 0 Å². The number of para-hydroxylation sites is 1. The number of hydrogen-bond acceptors (Lipinski definition) is 6. The van der Waals surface area contributed by atoms with Gasteiger partial charge in [0.1, 0.15) is 6.04 Å². The zero-order valence-corrected chi connectivity index (χ0v) is 13.9. The van der Waals surface area contributed by atoms with Gasteiger partial charge in [0.2, 0.25) is 5.82 Å². The smallest absolute Gasteiger partial charge is 0.195 e. The van der Waals surface area contributed by atoms with Gasteiger partial charge in [-0.15, -0.1) is 15.3 Å². The summed E-state index contributed by atoms with van der Waals surface area (Å²) in [6.45, 7) is 3.98. The standard InChI is InChI=1S/C17H16N8/c1-12-8-10-14(11-9-12)16-18-22-25(20-16)13(2)17-19-21-23-24(17)15-6-4-3-5-7-15/h3-11,13H,1-2H3/t13-/m1/s1. The van der Waals surface area contributed by atoms with E-state index in [9.17, 15) is 0 Å². The average Bonchev–Trinajstić information content (AvgIpc) is 3.32. The van der Waals surface area contributed by atoms with Gasteiger partial charge in [-0.2, -0.15) is 9.48 Å². The molecule has 1 atom stereocenters. The third-order valence-electron chi connectivity index (χ3n) is 3.95. The largest absolute Gasteiger partial charge is 0.204 e. The van der Waals surface area contributed by atoms with Gasteiger partial charge in [-0.3, -0.25) is 0 Å². The summed E-state index contributed by atoms with van der Waals surface area (Å²) in [6, 6.07) is 17.5. The Balaban J connectivity index is 1.66. The fraction of sp³-hybridized carbons (Fsp3) is 0.176. The van der Waals surface area contributed by atoms with Crippen LogP contribution in [-0.2, 0) is 0 Å². The Morgan fingerprint density at radius 1 is 0.880 bits per heavy atom. The van der Waals surface area contributed by atoms with E-state index >= 15 is 0 Å². The summed E-state index contributed by atoms with van der Waals surface area (Å²) in [5, 5.41) is 24.8. The van der Waals surface area contributed by atoms with E-state index < -0.39 is 0 Å². The van der Waals surface area contributed by atoms with Gasteiger partial charge in [0.15, 0.2) is 5.82 Å². The van der Waals surface area contributed by atoms with Gasteiger partial charge in [0, 0.05) is 5.56 Å². The Hall–Kier alpha value is -3.42. The normalized spacial score (nSPS) is 12.2. The maximum Gasteiger partial charge on any atom is 0.204 e. The summed E-state index contributed by atoms with van der Waals surface area (Å²) in [7, 11) is 0. The number of benzene rings is 2. The monoisotopic (exact) mass is 332 g/mol. The van der Waals surface area contributed by atoms with E-state index in [4.69, 9.17) is 0 Å². The van der Waals surface area contributed by atoms with Gasteiger partial charge in [0.05, 0.1) is 5.69 Å². The van der Waals surface area contributed by atoms with Gasteiger partial charge in [-0.05, 0) is 41.6 Å². The molecule has 0 unspecified atom stereocenters. The molecule has 2 aromatic heterocycles. The number of nitrogens with zero attached hydrogens (tertiary/aromatic N) is 8. The first-order chi connectivity index (χ1) is 12.2. The maximum atomic E-state index is 4.49. The van der Waals surface area contributed by atoms with E-state index in [0.29, 0.717) is 11.6 Å².